The first-order chi connectivity index (χ1) is 15.0. The van der Waals surface area contributed by atoms with Gasteiger partial charge in [0.05, 0.1) is 11.1 Å². The minimum absolute atomic E-state index is 0.0697. The number of carbonyl (C=O) groups excluding carboxylic acids is 3. The highest BCUT2D eigenvalue weighted by Crippen LogP contribution is 2.28. The molecule has 0 fully saturated rings. The molecule has 0 aromatic heterocycles. The Morgan fingerprint density at radius 1 is 0.774 bits per heavy atom. The topological polar surface area (TPSA) is 63.7 Å². The Hall–Kier alpha value is -3.73. The van der Waals surface area contributed by atoms with E-state index in [1.807, 2.05) is 54.6 Å². The number of ether oxygens (including phenoxy) is 1. The van der Waals surface area contributed by atoms with Crippen molar-refractivity contribution < 1.29 is 19.1 Å². The van der Waals surface area contributed by atoms with E-state index >= 15 is 0 Å². The number of benzene rings is 3. The molecular formula is C26H23NO4. The average molecular weight is 413 g/mol. The van der Waals surface area contributed by atoms with Gasteiger partial charge in [-0.05, 0) is 34.7 Å². The summed E-state index contributed by atoms with van der Waals surface area (Å²) in [6.45, 7) is 3.66. The van der Waals surface area contributed by atoms with E-state index in [1.54, 1.807) is 38.1 Å². The lowest BCUT2D eigenvalue weighted by Crippen LogP contribution is -2.48. The summed E-state index contributed by atoms with van der Waals surface area (Å²) in [6, 6.07) is 23.4. The zero-order chi connectivity index (χ0) is 22.0. The van der Waals surface area contributed by atoms with E-state index < -0.39 is 23.8 Å². The Bertz CT molecular complexity index is 1080. The van der Waals surface area contributed by atoms with Gasteiger partial charge in [-0.25, -0.2) is 4.79 Å². The normalized spacial score (nSPS) is 14.0. The summed E-state index contributed by atoms with van der Waals surface area (Å²) in [6.07, 6.45) is 0. The molecule has 1 aliphatic heterocycles. The Labute approximate surface area is 181 Å². The monoisotopic (exact) mass is 413 g/mol. The number of fused-ring (bicyclic) bond motifs is 1. The second-order valence-electron chi connectivity index (χ2n) is 7.89. The number of hydrogen-bond donors (Lipinski definition) is 0. The van der Waals surface area contributed by atoms with Crippen LogP contribution in [-0.2, 0) is 16.1 Å². The quantitative estimate of drug-likeness (QED) is 0.433. The Morgan fingerprint density at radius 2 is 1.29 bits per heavy atom. The van der Waals surface area contributed by atoms with Crippen molar-refractivity contribution in [3.63, 3.8) is 0 Å². The van der Waals surface area contributed by atoms with Crippen molar-refractivity contribution in [2.45, 2.75) is 26.5 Å². The van der Waals surface area contributed by atoms with E-state index in [1.165, 1.54) is 0 Å². The van der Waals surface area contributed by atoms with Crippen LogP contribution in [0.25, 0.3) is 11.1 Å². The van der Waals surface area contributed by atoms with Gasteiger partial charge in [0.25, 0.3) is 11.8 Å². The van der Waals surface area contributed by atoms with Crippen LogP contribution in [0.1, 0.15) is 40.1 Å². The first kappa shape index (κ1) is 20.5. The fraction of sp³-hybridized carbons (Fsp3) is 0.192. The van der Waals surface area contributed by atoms with Gasteiger partial charge in [0, 0.05) is 0 Å². The van der Waals surface area contributed by atoms with Crippen molar-refractivity contribution in [2.24, 2.45) is 5.92 Å². The van der Waals surface area contributed by atoms with Crippen molar-refractivity contribution in [1.29, 1.82) is 0 Å². The van der Waals surface area contributed by atoms with Crippen LogP contribution in [0.5, 0.6) is 0 Å². The second kappa shape index (κ2) is 8.56. The van der Waals surface area contributed by atoms with Crippen LogP contribution in [-0.4, -0.2) is 28.7 Å². The molecule has 0 saturated carbocycles. The predicted octanol–water partition coefficient (Wildman–Crippen LogP) is 4.72. The largest absolute Gasteiger partial charge is 0.459 e. The maximum Gasteiger partial charge on any atom is 0.329 e. The lowest BCUT2D eigenvalue weighted by molar-refractivity contribution is -0.151. The minimum Gasteiger partial charge on any atom is -0.459 e. The highest BCUT2D eigenvalue weighted by atomic mass is 16.5. The molecule has 4 rings (SSSR count). The minimum atomic E-state index is -0.976. The van der Waals surface area contributed by atoms with Gasteiger partial charge in [-0.2, -0.15) is 0 Å². The van der Waals surface area contributed by atoms with Crippen molar-refractivity contribution >= 4 is 17.8 Å². The van der Waals surface area contributed by atoms with Crippen LogP contribution in [0.15, 0.2) is 78.9 Å². The molecule has 0 saturated heterocycles. The lowest BCUT2D eigenvalue weighted by Gasteiger charge is -2.27. The number of amides is 2. The van der Waals surface area contributed by atoms with Gasteiger partial charge in [-0.15, -0.1) is 0 Å². The third-order valence-corrected chi connectivity index (χ3v) is 5.42. The molecule has 0 unspecified atom stereocenters. The molecule has 0 radical (unpaired) electrons. The molecule has 3 aromatic rings. The van der Waals surface area contributed by atoms with Gasteiger partial charge in [0.2, 0.25) is 0 Å². The van der Waals surface area contributed by atoms with Crippen molar-refractivity contribution in [3.05, 3.63) is 95.6 Å². The highest BCUT2D eigenvalue weighted by molar-refractivity contribution is 6.22. The van der Waals surface area contributed by atoms with Crippen LogP contribution >= 0.6 is 0 Å². The van der Waals surface area contributed by atoms with Gasteiger partial charge in [0.1, 0.15) is 12.6 Å². The molecule has 1 heterocycles. The smallest absolute Gasteiger partial charge is 0.329 e. The third-order valence-electron chi connectivity index (χ3n) is 5.42. The fourth-order valence-corrected chi connectivity index (χ4v) is 3.80. The SMILES string of the molecule is CC(C)[C@H](C(=O)OCc1ccc(-c2ccccc2)cc1)N1C(=O)c2ccccc2C1=O. The van der Waals surface area contributed by atoms with E-state index in [2.05, 4.69) is 0 Å². The number of rotatable bonds is 6. The Balaban J connectivity index is 1.47. The fourth-order valence-electron chi connectivity index (χ4n) is 3.80. The molecule has 1 atom stereocenters. The summed E-state index contributed by atoms with van der Waals surface area (Å²) in [5.74, 6) is -1.78. The number of carbonyl (C=O) groups is 3. The summed E-state index contributed by atoms with van der Waals surface area (Å²) in [5.41, 5.74) is 3.65. The van der Waals surface area contributed by atoms with Gasteiger partial charge < -0.3 is 4.74 Å². The predicted molar refractivity (Wildman–Crippen MR) is 117 cm³/mol. The van der Waals surface area contributed by atoms with Gasteiger partial charge in [-0.1, -0.05) is 80.6 Å². The maximum absolute atomic E-state index is 12.9. The first-order valence-corrected chi connectivity index (χ1v) is 10.3. The summed E-state index contributed by atoms with van der Waals surface area (Å²) in [7, 11) is 0. The number of imide groups is 1. The summed E-state index contributed by atoms with van der Waals surface area (Å²) in [4.78, 5) is 39.5. The highest BCUT2D eigenvalue weighted by Gasteiger charge is 2.44. The zero-order valence-electron chi connectivity index (χ0n) is 17.4. The van der Waals surface area contributed by atoms with Gasteiger partial charge in [-0.3, -0.25) is 14.5 Å². The summed E-state index contributed by atoms with van der Waals surface area (Å²) >= 11 is 0. The molecule has 0 N–H and O–H groups in total. The summed E-state index contributed by atoms with van der Waals surface area (Å²) < 4.78 is 5.52. The number of esters is 1. The Kier molecular flexibility index (Phi) is 5.67. The number of hydrogen-bond acceptors (Lipinski definition) is 4. The molecule has 0 bridgehead atoms. The molecule has 0 aliphatic carbocycles. The van der Waals surface area contributed by atoms with Crippen LogP contribution < -0.4 is 0 Å². The van der Waals surface area contributed by atoms with Crippen LogP contribution in [0.3, 0.4) is 0 Å². The van der Waals surface area contributed by atoms with E-state index in [0.29, 0.717) is 11.1 Å². The van der Waals surface area contributed by atoms with E-state index in [0.717, 1.165) is 21.6 Å². The molecule has 5 nitrogen and oxygen atoms in total. The molecule has 31 heavy (non-hydrogen) atoms. The van der Waals surface area contributed by atoms with Crippen molar-refractivity contribution in [3.8, 4) is 11.1 Å². The molecule has 156 valence electrons. The molecule has 1 aliphatic rings. The molecule has 5 heteroatoms. The van der Waals surface area contributed by atoms with Crippen LogP contribution in [0.2, 0.25) is 0 Å². The van der Waals surface area contributed by atoms with E-state index in [4.69, 9.17) is 4.74 Å². The lowest BCUT2D eigenvalue weighted by atomic mass is 10.0. The summed E-state index contributed by atoms with van der Waals surface area (Å²) in [5, 5.41) is 0. The average Bonchev–Trinajstić information content (AvgIpc) is 3.04. The Morgan fingerprint density at radius 3 is 1.84 bits per heavy atom. The zero-order valence-corrected chi connectivity index (χ0v) is 17.4. The molecular weight excluding hydrogens is 390 g/mol. The molecule has 2 amide bonds. The van der Waals surface area contributed by atoms with Crippen LogP contribution in [0.4, 0.5) is 0 Å². The van der Waals surface area contributed by atoms with Crippen molar-refractivity contribution in [1.82, 2.24) is 4.90 Å². The van der Waals surface area contributed by atoms with E-state index in [9.17, 15) is 14.4 Å². The van der Waals surface area contributed by atoms with Crippen molar-refractivity contribution in [2.75, 3.05) is 0 Å². The maximum atomic E-state index is 12.9. The van der Waals surface area contributed by atoms with Gasteiger partial charge in [0.15, 0.2) is 0 Å². The van der Waals surface area contributed by atoms with Crippen LogP contribution in [0, 0.1) is 5.92 Å². The van der Waals surface area contributed by atoms with E-state index in [-0.39, 0.29) is 12.5 Å². The standard InChI is InChI=1S/C26H23NO4/c1-17(2)23(27-24(28)21-10-6-7-11-22(21)25(27)29)26(30)31-16-18-12-14-20(15-13-18)19-8-4-3-5-9-19/h3-15,17,23H,16H2,1-2H3/t23-/m1/s1. The second-order valence-corrected chi connectivity index (χ2v) is 7.89. The van der Waals surface area contributed by atoms with Gasteiger partial charge >= 0.3 is 5.97 Å². The first-order valence-electron chi connectivity index (χ1n) is 10.3. The molecule has 3 aromatic carbocycles. The number of nitrogens with zero attached hydrogens (tertiary/aromatic N) is 1. The third kappa shape index (κ3) is 3.99. The molecule has 0 spiro atoms.